The number of amides is 1. The number of nitrogens with one attached hydrogen (secondary N) is 1. The number of fused-ring (bicyclic) bond motifs is 2. The number of rotatable bonds is 4. The Labute approximate surface area is 108 Å². The Balaban J connectivity index is 2.11. The van der Waals surface area contributed by atoms with Crippen LogP contribution in [-0.4, -0.2) is 20.1 Å². The fourth-order valence-electron chi connectivity index (χ4n) is 3.56. The van der Waals surface area contributed by atoms with Crippen molar-refractivity contribution < 1.29 is 9.53 Å². The lowest BCUT2D eigenvalue weighted by atomic mass is 9.94. The molecule has 0 unspecified atom stereocenters. The summed E-state index contributed by atoms with van der Waals surface area (Å²) in [5.74, 6) is 0.443. The van der Waals surface area contributed by atoms with Crippen molar-refractivity contribution in [3.8, 4) is 0 Å². The van der Waals surface area contributed by atoms with Crippen LogP contribution in [0.3, 0.4) is 0 Å². The zero-order valence-electron chi connectivity index (χ0n) is 10.8. The molecule has 0 aromatic heterocycles. The van der Waals surface area contributed by atoms with Gasteiger partial charge in [0.1, 0.15) is 0 Å². The summed E-state index contributed by atoms with van der Waals surface area (Å²) in [4.78, 5) is 10.9. The monoisotopic (exact) mass is 245 g/mol. The van der Waals surface area contributed by atoms with E-state index in [4.69, 9.17) is 4.74 Å². The molecular formula is C15H19NO2. The molecule has 2 aliphatic carbocycles. The van der Waals surface area contributed by atoms with E-state index >= 15 is 0 Å². The molecule has 0 fully saturated rings. The van der Waals surface area contributed by atoms with E-state index in [0.717, 1.165) is 44.4 Å². The molecular weight excluding hydrogens is 226 g/mol. The highest BCUT2D eigenvalue weighted by molar-refractivity contribution is 5.79. The Hall–Kier alpha value is -1.35. The summed E-state index contributed by atoms with van der Waals surface area (Å²) in [5, 5.41) is 2.96. The summed E-state index contributed by atoms with van der Waals surface area (Å²) < 4.78 is 5.32. The Morgan fingerprint density at radius 2 is 2.28 bits per heavy atom. The average molecular weight is 245 g/mol. The van der Waals surface area contributed by atoms with Crippen LogP contribution in [0.2, 0.25) is 0 Å². The van der Waals surface area contributed by atoms with Gasteiger partial charge in [0.15, 0.2) is 0 Å². The standard InChI is InChI=1S/C15H19NO2/c1-18-8-12-6-5-11-7-10-3-2-4-13(10)15(14(11)12)16-9-17/h7,9,12H,2-6,8H2,1H3,(H,16,17)/t12-/m0/s1. The van der Waals surface area contributed by atoms with Crippen LogP contribution < -0.4 is 5.32 Å². The van der Waals surface area contributed by atoms with Crippen molar-refractivity contribution in [3.05, 3.63) is 28.3 Å². The average Bonchev–Trinajstić information content (AvgIpc) is 2.97. The lowest BCUT2D eigenvalue weighted by Crippen LogP contribution is -2.09. The van der Waals surface area contributed by atoms with Gasteiger partial charge in [0.25, 0.3) is 0 Å². The van der Waals surface area contributed by atoms with Crippen molar-refractivity contribution in [2.45, 2.75) is 38.0 Å². The molecule has 0 aliphatic heterocycles. The number of methoxy groups -OCH3 is 1. The molecule has 0 heterocycles. The predicted molar refractivity (Wildman–Crippen MR) is 71.1 cm³/mol. The van der Waals surface area contributed by atoms with Gasteiger partial charge in [-0.25, -0.2) is 0 Å². The second kappa shape index (κ2) is 4.73. The van der Waals surface area contributed by atoms with Crippen LogP contribution >= 0.6 is 0 Å². The third-order valence-corrected chi connectivity index (χ3v) is 4.27. The van der Waals surface area contributed by atoms with Crippen LogP contribution in [0.4, 0.5) is 5.69 Å². The quantitative estimate of drug-likeness (QED) is 0.827. The van der Waals surface area contributed by atoms with E-state index in [1.54, 1.807) is 7.11 Å². The van der Waals surface area contributed by atoms with Gasteiger partial charge in [0.05, 0.1) is 6.61 Å². The summed E-state index contributed by atoms with van der Waals surface area (Å²) in [6, 6.07) is 2.36. The Bertz CT molecular complexity index is 482. The highest BCUT2D eigenvalue weighted by Crippen LogP contribution is 2.43. The molecule has 0 saturated heterocycles. The Morgan fingerprint density at radius 3 is 3.06 bits per heavy atom. The normalized spacial score (nSPS) is 20.6. The minimum absolute atomic E-state index is 0.443. The molecule has 96 valence electrons. The van der Waals surface area contributed by atoms with Gasteiger partial charge >= 0.3 is 0 Å². The molecule has 3 rings (SSSR count). The van der Waals surface area contributed by atoms with E-state index in [1.165, 1.54) is 28.7 Å². The smallest absolute Gasteiger partial charge is 0.211 e. The minimum atomic E-state index is 0.443. The molecule has 1 aromatic rings. The summed E-state index contributed by atoms with van der Waals surface area (Å²) in [6.45, 7) is 0.749. The van der Waals surface area contributed by atoms with E-state index in [2.05, 4.69) is 11.4 Å². The lowest BCUT2D eigenvalue weighted by Gasteiger charge is -2.18. The summed E-state index contributed by atoms with van der Waals surface area (Å²) in [6.07, 6.45) is 6.53. The van der Waals surface area contributed by atoms with E-state index in [1.807, 2.05) is 0 Å². The molecule has 0 saturated carbocycles. The van der Waals surface area contributed by atoms with Crippen molar-refractivity contribution in [1.29, 1.82) is 0 Å². The molecule has 18 heavy (non-hydrogen) atoms. The van der Waals surface area contributed by atoms with Crippen molar-refractivity contribution in [2.75, 3.05) is 19.0 Å². The van der Waals surface area contributed by atoms with Gasteiger partial charge in [-0.3, -0.25) is 4.79 Å². The number of hydrogen-bond acceptors (Lipinski definition) is 2. The number of aryl methyl sites for hydroxylation is 2. The second-order valence-corrected chi connectivity index (χ2v) is 5.27. The minimum Gasteiger partial charge on any atom is -0.384 e. The second-order valence-electron chi connectivity index (χ2n) is 5.27. The highest BCUT2D eigenvalue weighted by Gasteiger charge is 2.29. The lowest BCUT2D eigenvalue weighted by molar-refractivity contribution is -0.105. The summed E-state index contributed by atoms with van der Waals surface area (Å²) >= 11 is 0. The third-order valence-electron chi connectivity index (χ3n) is 4.27. The fourth-order valence-corrected chi connectivity index (χ4v) is 3.56. The van der Waals surface area contributed by atoms with Crippen LogP contribution in [0.25, 0.3) is 0 Å². The fraction of sp³-hybridized carbons (Fsp3) is 0.533. The number of benzene rings is 1. The Kier molecular flexibility index (Phi) is 3.08. The van der Waals surface area contributed by atoms with Gasteiger partial charge in [0.2, 0.25) is 6.41 Å². The molecule has 3 heteroatoms. The summed E-state index contributed by atoms with van der Waals surface area (Å²) in [7, 11) is 1.75. The maximum atomic E-state index is 10.9. The Morgan fingerprint density at radius 1 is 1.39 bits per heavy atom. The maximum Gasteiger partial charge on any atom is 0.211 e. The number of carbonyl (C=O) groups is 1. The van der Waals surface area contributed by atoms with E-state index in [0.29, 0.717) is 5.92 Å². The molecule has 1 aromatic carbocycles. The van der Waals surface area contributed by atoms with Crippen LogP contribution in [0, 0.1) is 0 Å². The summed E-state index contributed by atoms with van der Waals surface area (Å²) in [5.41, 5.74) is 6.65. The van der Waals surface area contributed by atoms with E-state index < -0.39 is 0 Å². The first-order chi connectivity index (χ1) is 8.85. The van der Waals surface area contributed by atoms with Crippen LogP contribution in [0.15, 0.2) is 6.07 Å². The molecule has 1 atom stereocenters. The SMILES string of the molecule is COC[C@@H]1CCc2cc3c(c(NC=O)c21)CCC3. The molecule has 0 bridgehead atoms. The number of hydrogen-bond donors (Lipinski definition) is 1. The first-order valence-electron chi connectivity index (χ1n) is 6.71. The molecule has 2 aliphatic rings. The van der Waals surface area contributed by atoms with Crippen molar-refractivity contribution in [2.24, 2.45) is 0 Å². The number of anilines is 1. The van der Waals surface area contributed by atoms with Crippen molar-refractivity contribution >= 4 is 12.1 Å². The first kappa shape index (κ1) is 11.7. The molecule has 0 spiro atoms. The largest absolute Gasteiger partial charge is 0.384 e. The van der Waals surface area contributed by atoms with Gasteiger partial charge in [-0.2, -0.15) is 0 Å². The molecule has 0 radical (unpaired) electrons. The number of carbonyl (C=O) groups excluding carboxylic acids is 1. The van der Waals surface area contributed by atoms with E-state index in [-0.39, 0.29) is 0 Å². The molecule has 1 N–H and O–H groups in total. The van der Waals surface area contributed by atoms with E-state index in [9.17, 15) is 4.79 Å². The predicted octanol–water partition coefficient (Wildman–Crippen LogP) is 2.42. The molecule has 3 nitrogen and oxygen atoms in total. The number of ether oxygens (including phenoxy) is 1. The zero-order chi connectivity index (χ0) is 12.5. The van der Waals surface area contributed by atoms with Crippen LogP contribution in [0.1, 0.15) is 41.0 Å². The van der Waals surface area contributed by atoms with Gasteiger partial charge in [-0.15, -0.1) is 0 Å². The maximum absolute atomic E-state index is 10.9. The zero-order valence-corrected chi connectivity index (χ0v) is 10.8. The van der Waals surface area contributed by atoms with Gasteiger partial charge in [-0.05, 0) is 54.4 Å². The van der Waals surface area contributed by atoms with Crippen molar-refractivity contribution in [1.82, 2.24) is 0 Å². The third kappa shape index (κ3) is 1.74. The van der Waals surface area contributed by atoms with Crippen LogP contribution in [-0.2, 0) is 28.8 Å². The van der Waals surface area contributed by atoms with Crippen LogP contribution in [0.5, 0.6) is 0 Å². The van der Waals surface area contributed by atoms with Gasteiger partial charge in [0, 0.05) is 18.7 Å². The first-order valence-corrected chi connectivity index (χ1v) is 6.71. The van der Waals surface area contributed by atoms with Gasteiger partial charge in [-0.1, -0.05) is 6.07 Å². The molecule has 1 amide bonds. The topological polar surface area (TPSA) is 38.3 Å². The van der Waals surface area contributed by atoms with Gasteiger partial charge < -0.3 is 10.1 Å². The van der Waals surface area contributed by atoms with Crippen molar-refractivity contribution in [3.63, 3.8) is 0 Å². The highest BCUT2D eigenvalue weighted by atomic mass is 16.5.